The summed E-state index contributed by atoms with van der Waals surface area (Å²) in [4.78, 5) is 2.78. The van der Waals surface area contributed by atoms with E-state index in [1.165, 1.54) is 76.3 Å². The molecule has 30 heavy (non-hydrogen) atoms. The van der Waals surface area contributed by atoms with E-state index in [0.29, 0.717) is 6.04 Å². The molecule has 2 N–H and O–H groups in total. The lowest BCUT2D eigenvalue weighted by Crippen LogP contribution is -2.40. The van der Waals surface area contributed by atoms with E-state index in [1.54, 1.807) is 7.11 Å². The fourth-order valence-electron chi connectivity index (χ4n) is 5.56. The van der Waals surface area contributed by atoms with Gasteiger partial charge in [0, 0.05) is 25.2 Å². The van der Waals surface area contributed by atoms with Crippen LogP contribution in [0.5, 0.6) is 5.75 Å². The lowest BCUT2D eigenvalue weighted by atomic mass is 9.75. The lowest BCUT2D eigenvalue weighted by molar-refractivity contribution is 0.103. The van der Waals surface area contributed by atoms with Crippen molar-refractivity contribution in [3.8, 4) is 5.75 Å². The second kappa shape index (κ2) is 11.9. The third kappa shape index (κ3) is 6.97. The molecule has 0 aliphatic heterocycles. The number of benzene rings is 1. The lowest BCUT2D eigenvalue weighted by Gasteiger charge is -2.39. The van der Waals surface area contributed by atoms with Gasteiger partial charge in [-0.3, -0.25) is 4.90 Å². The highest BCUT2D eigenvalue weighted by atomic mass is 79.9. The minimum Gasteiger partial charge on any atom is -0.496 e. The van der Waals surface area contributed by atoms with Gasteiger partial charge in [0.05, 0.1) is 11.6 Å². The molecule has 1 aromatic carbocycles. The molecule has 1 unspecified atom stereocenters. The number of hydrogen-bond donors (Lipinski definition) is 1. The van der Waals surface area contributed by atoms with E-state index in [0.717, 1.165) is 40.6 Å². The van der Waals surface area contributed by atoms with Crippen molar-refractivity contribution < 1.29 is 4.74 Å². The summed E-state index contributed by atoms with van der Waals surface area (Å²) in [6, 6.07) is 7.77. The fraction of sp³-hybridized carbons (Fsp3) is 0.769. The molecule has 4 heteroatoms. The summed E-state index contributed by atoms with van der Waals surface area (Å²) in [5, 5.41) is 0. The first-order chi connectivity index (χ1) is 14.5. The maximum atomic E-state index is 6.11. The molecule has 2 aliphatic rings. The van der Waals surface area contributed by atoms with Crippen molar-refractivity contribution in [1.82, 2.24) is 4.90 Å². The number of hydrogen-bond acceptors (Lipinski definition) is 3. The van der Waals surface area contributed by atoms with Crippen LogP contribution in [0.4, 0.5) is 0 Å². The van der Waals surface area contributed by atoms with Crippen LogP contribution < -0.4 is 10.5 Å². The molecule has 170 valence electrons. The van der Waals surface area contributed by atoms with Gasteiger partial charge in [-0.15, -0.1) is 0 Å². The van der Waals surface area contributed by atoms with E-state index in [2.05, 4.69) is 52.9 Å². The van der Waals surface area contributed by atoms with E-state index in [-0.39, 0.29) is 0 Å². The Bertz CT molecular complexity index is 636. The van der Waals surface area contributed by atoms with E-state index in [9.17, 15) is 0 Å². The minimum atomic E-state index is 0.476. The first kappa shape index (κ1) is 24.1. The van der Waals surface area contributed by atoms with Crippen LogP contribution in [0.2, 0.25) is 0 Å². The molecule has 1 atom stereocenters. The molecule has 0 heterocycles. The van der Waals surface area contributed by atoms with E-state index < -0.39 is 0 Å². The van der Waals surface area contributed by atoms with Crippen LogP contribution in [0, 0.1) is 17.8 Å². The zero-order valence-electron chi connectivity index (χ0n) is 19.4. The van der Waals surface area contributed by atoms with Crippen LogP contribution in [0.1, 0.15) is 83.6 Å². The Morgan fingerprint density at radius 2 is 1.70 bits per heavy atom. The number of ether oxygens (including phenoxy) is 1. The van der Waals surface area contributed by atoms with Crippen LogP contribution in [-0.4, -0.2) is 30.6 Å². The zero-order valence-corrected chi connectivity index (χ0v) is 21.0. The van der Waals surface area contributed by atoms with Crippen molar-refractivity contribution >= 4 is 15.9 Å². The minimum absolute atomic E-state index is 0.476. The predicted molar refractivity (Wildman–Crippen MR) is 131 cm³/mol. The fourth-order valence-corrected chi connectivity index (χ4v) is 6.14. The standard InChI is InChI=1S/C26H43BrN2O/c1-4-19(2)17-29(18-22-9-14-26(30-3)25(27)16-22)24-12-7-21(8-13-24)15-20-5-10-23(28)11-6-20/h9,14,16,19-21,23-24H,4-8,10-13,15,17-18,28H2,1-3H3. The first-order valence-electron chi connectivity index (χ1n) is 12.3. The molecular weight excluding hydrogens is 436 g/mol. The van der Waals surface area contributed by atoms with Gasteiger partial charge in [-0.25, -0.2) is 0 Å². The Kier molecular flexibility index (Phi) is 9.53. The third-order valence-corrected chi connectivity index (χ3v) is 8.36. The van der Waals surface area contributed by atoms with Crippen molar-refractivity contribution in [2.75, 3.05) is 13.7 Å². The van der Waals surface area contributed by atoms with Gasteiger partial charge in [0.2, 0.25) is 0 Å². The number of halogens is 1. The number of nitrogens with two attached hydrogens (primary N) is 1. The average Bonchev–Trinajstić information content (AvgIpc) is 2.75. The van der Waals surface area contributed by atoms with Crippen molar-refractivity contribution in [2.24, 2.45) is 23.5 Å². The van der Waals surface area contributed by atoms with Crippen LogP contribution in [-0.2, 0) is 6.54 Å². The molecule has 2 saturated carbocycles. The summed E-state index contributed by atoms with van der Waals surface area (Å²) in [6.45, 7) is 6.97. The van der Waals surface area contributed by atoms with Crippen molar-refractivity contribution in [3.05, 3.63) is 28.2 Å². The summed E-state index contributed by atoms with van der Waals surface area (Å²) in [5.74, 6) is 3.55. The average molecular weight is 480 g/mol. The van der Waals surface area contributed by atoms with Gasteiger partial charge in [-0.1, -0.05) is 26.3 Å². The topological polar surface area (TPSA) is 38.5 Å². The Morgan fingerprint density at radius 3 is 2.27 bits per heavy atom. The third-order valence-electron chi connectivity index (χ3n) is 7.74. The molecule has 0 bridgehead atoms. The molecule has 0 aromatic heterocycles. The van der Waals surface area contributed by atoms with E-state index in [4.69, 9.17) is 10.5 Å². The van der Waals surface area contributed by atoms with Crippen molar-refractivity contribution in [1.29, 1.82) is 0 Å². The molecule has 1 aromatic rings. The Morgan fingerprint density at radius 1 is 1.07 bits per heavy atom. The summed E-state index contributed by atoms with van der Waals surface area (Å²) in [6.07, 6.45) is 13.5. The normalized spacial score (nSPS) is 28.5. The molecule has 0 radical (unpaired) electrons. The number of nitrogens with zero attached hydrogens (tertiary/aromatic N) is 1. The van der Waals surface area contributed by atoms with E-state index >= 15 is 0 Å². The highest BCUT2D eigenvalue weighted by Gasteiger charge is 2.29. The summed E-state index contributed by atoms with van der Waals surface area (Å²) < 4.78 is 6.47. The smallest absolute Gasteiger partial charge is 0.133 e. The second-order valence-corrected chi connectivity index (χ2v) is 11.0. The molecule has 2 aliphatic carbocycles. The Labute approximate surface area is 193 Å². The molecule has 3 nitrogen and oxygen atoms in total. The number of methoxy groups -OCH3 is 1. The summed E-state index contributed by atoms with van der Waals surface area (Å²) in [7, 11) is 1.73. The van der Waals surface area contributed by atoms with Gasteiger partial charge in [0.25, 0.3) is 0 Å². The quantitative estimate of drug-likeness (QED) is 0.425. The van der Waals surface area contributed by atoms with Gasteiger partial charge in [-0.2, -0.15) is 0 Å². The maximum Gasteiger partial charge on any atom is 0.133 e. The van der Waals surface area contributed by atoms with Crippen molar-refractivity contribution in [3.63, 3.8) is 0 Å². The monoisotopic (exact) mass is 478 g/mol. The largest absolute Gasteiger partial charge is 0.496 e. The summed E-state index contributed by atoms with van der Waals surface area (Å²) in [5.41, 5.74) is 7.49. The Balaban J connectivity index is 1.56. The van der Waals surface area contributed by atoms with Gasteiger partial charge < -0.3 is 10.5 Å². The highest BCUT2D eigenvalue weighted by Crippen LogP contribution is 2.37. The van der Waals surface area contributed by atoms with Gasteiger partial charge in [0.15, 0.2) is 0 Å². The second-order valence-electron chi connectivity index (χ2n) is 10.1. The van der Waals surface area contributed by atoms with E-state index in [1.807, 2.05) is 0 Å². The van der Waals surface area contributed by atoms with Crippen LogP contribution in [0.15, 0.2) is 22.7 Å². The number of rotatable bonds is 9. The molecular formula is C26H43BrN2O. The predicted octanol–water partition coefficient (Wildman–Crippen LogP) is 6.77. The molecule has 3 rings (SSSR count). The van der Waals surface area contributed by atoms with Crippen LogP contribution >= 0.6 is 15.9 Å². The molecule has 0 saturated heterocycles. The molecule has 0 spiro atoms. The Hall–Kier alpha value is -0.580. The zero-order chi connectivity index (χ0) is 21.5. The van der Waals surface area contributed by atoms with Gasteiger partial charge in [-0.05, 0) is 109 Å². The highest BCUT2D eigenvalue weighted by molar-refractivity contribution is 9.10. The maximum absolute atomic E-state index is 6.11. The van der Waals surface area contributed by atoms with Crippen LogP contribution in [0.3, 0.4) is 0 Å². The van der Waals surface area contributed by atoms with Crippen molar-refractivity contribution in [2.45, 2.75) is 96.7 Å². The molecule has 2 fully saturated rings. The van der Waals surface area contributed by atoms with Gasteiger partial charge in [0.1, 0.15) is 5.75 Å². The first-order valence-corrected chi connectivity index (χ1v) is 13.1. The SMILES string of the molecule is CCC(C)CN(Cc1ccc(OC)c(Br)c1)C1CCC(CC2CCC(N)CC2)CC1. The van der Waals surface area contributed by atoms with Crippen LogP contribution in [0.25, 0.3) is 0 Å². The van der Waals surface area contributed by atoms with Gasteiger partial charge >= 0.3 is 0 Å². The summed E-state index contributed by atoms with van der Waals surface area (Å²) >= 11 is 3.67. The molecule has 0 amide bonds.